The van der Waals surface area contributed by atoms with Gasteiger partial charge in [0.25, 0.3) is 0 Å². The molecule has 3 aliphatic carbocycles. The third-order valence-electron chi connectivity index (χ3n) is 5.64. The summed E-state index contributed by atoms with van der Waals surface area (Å²) in [5, 5.41) is 20.3. The molecular formula is C19H17F3N2O2. The summed E-state index contributed by atoms with van der Waals surface area (Å²) in [6.45, 7) is 1.14. The average Bonchev–Trinajstić information content (AvgIpc) is 2.83. The highest BCUT2D eigenvalue weighted by Gasteiger charge is 2.63. The first-order valence-electron chi connectivity index (χ1n) is 8.62. The van der Waals surface area contributed by atoms with Gasteiger partial charge in [0.05, 0.1) is 12.0 Å². The van der Waals surface area contributed by atoms with Gasteiger partial charge in [0.15, 0.2) is 0 Å². The normalized spacial score (nSPS) is 30.5. The third kappa shape index (κ3) is 2.15. The van der Waals surface area contributed by atoms with Crippen molar-refractivity contribution in [3.05, 3.63) is 46.1 Å². The van der Waals surface area contributed by atoms with Crippen molar-refractivity contribution >= 4 is 5.91 Å². The molecule has 1 amide bonds. The van der Waals surface area contributed by atoms with E-state index >= 15 is 0 Å². The van der Waals surface area contributed by atoms with Crippen molar-refractivity contribution in [3.63, 3.8) is 0 Å². The Hall–Kier alpha value is -2.33. The van der Waals surface area contributed by atoms with Gasteiger partial charge < -0.3 is 10.0 Å². The van der Waals surface area contributed by atoms with Crippen molar-refractivity contribution in [2.45, 2.75) is 37.5 Å². The van der Waals surface area contributed by atoms with Gasteiger partial charge in [-0.3, -0.25) is 4.79 Å². The summed E-state index contributed by atoms with van der Waals surface area (Å²) in [4.78, 5) is 14.1. The zero-order valence-corrected chi connectivity index (χ0v) is 13.9. The zero-order chi connectivity index (χ0) is 18.7. The molecule has 7 heteroatoms. The van der Waals surface area contributed by atoms with E-state index in [1.165, 1.54) is 12.2 Å². The van der Waals surface area contributed by atoms with Crippen LogP contribution < -0.4 is 0 Å². The number of hydrogen-bond acceptors (Lipinski definition) is 3. The van der Waals surface area contributed by atoms with Gasteiger partial charge in [-0.1, -0.05) is 12.2 Å². The zero-order valence-electron chi connectivity index (χ0n) is 13.9. The fourth-order valence-electron chi connectivity index (χ4n) is 4.21. The van der Waals surface area contributed by atoms with E-state index in [-0.39, 0.29) is 34.6 Å². The van der Waals surface area contributed by atoms with Crippen molar-refractivity contribution in [2.24, 2.45) is 5.92 Å². The second-order valence-corrected chi connectivity index (χ2v) is 7.07. The van der Waals surface area contributed by atoms with Gasteiger partial charge in [-0.15, -0.1) is 0 Å². The van der Waals surface area contributed by atoms with E-state index in [4.69, 9.17) is 0 Å². The fraction of sp³-hybridized carbons (Fsp3) is 0.474. The van der Waals surface area contributed by atoms with E-state index in [1.54, 1.807) is 11.0 Å². The summed E-state index contributed by atoms with van der Waals surface area (Å²) < 4.78 is 41.8. The summed E-state index contributed by atoms with van der Waals surface area (Å²) in [5.74, 6) is -1.20. The Balaban J connectivity index is 1.89. The predicted molar refractivity (Wildman–Crippen MR) is 86.4 cm³/mol. The molecule has 4 aliphatic rings. The highest BCUT2D eigenvalue weighted by atomic mass is 19.4. The minimum atomic E-state index is -4.94. The molecule has 1 heterocycles. The standard InChI is InChI=1S/C19H17F3N2O2/c20-19(21,22)18(26)14-5-2-1-4-13(14)16-12(10-23)8-11(9-15(16)18)17(25)24-6-3-7-24/h2,5,9,12,26H,1,3-4,6-8H2/t12-,18?/m1/s1. The molecule has 0 saturated carbocycles. The molecule has 1 saturated heterocycles. The van der Waals surface area contributed by atoms with Crippen molar-refractivity contribution in [2.75, 3.05) is 13.1 Å². The number of aliphatic hydroxyl groups is 1. The lowest BCUT2D eigenvalue weighted by atomic mass is 9.78. The van der Waals surface area contributed by atoms with Gasteiger partial charge in [-0.2, -0.15) is 18.4 Å². The number of alkyl halides is 3. The third-order valence-corrected chi connectivity index (χ3v) is 5.64. The lowest BCUT2D eigenvalue weighted by Crippen LogP contribution is -2.48. The number of halogens is 3. The van der Waals surface area contributed by atoms with Crippen LogP contribution in [0.15, 0.2) is 46.1 Å². The Bertz CT molecular complexity index is 853. The smallest absolute Gasteiger partial charge is 0.372 e. The first-order valence-corrected chi connectivity index (χ1v) is 8.62. The van der Waals surface area contributed by atoms with E-state index in [0.29, 0.717) is 31.5 Å². The highest BCUT2D eigenvalue weighted by molar-refractivity contribution is 5.95. The van der Waals surface area contributed by atoms with Crippen LogP contribution >= 0.6 is 0 Å². The maximum Gasteiger partial charge on any atom is 0.425 e. The van der Waals surface area contributed by atoms with Crippen molar-refractivity contribution in [1.29, 1.82) is 5.26 Å². The molecule has 0 bridgehead atoms. The minimum absolute atomic E-state index is 0.0824. The lowest BCUT2D eigenvalue weighted by molar-refractivity contribution is -0.226. The molecule has 1 unspecified atom stereocenters. The number of carbonyl (C=O) groups is 1. The molecule has 1 aliphatic heterocycles. The highest BCUT2D eigenvalue weighted by Crippen LogP contribution is 2.56. The van der Waals surface area contributed by atoms with Crippen molar-refractivity contribution in [1.82, 2.24) is 4.90 Å². The first-order chi connectivity index (χ1) is 12.3. The number of fused-ring (bicyclic) bond motifs is 1. The Labute approximate surface area is 148 Å². The van der Waals surface area contributed by atoms with Crippen LogP contribution in [0.4, 0.5) is 13.2 Å². The fourth-order valence-corrected chi connectivity index (χ4v) is 4.21. The molecule has 4 rings (SSSR count). The Morgan fingerprint density at radius 3 is 2.65 bits per heavy atom. The minimum Gasteiger partial charge on any atom is -0.372 e. The van der Waals surface area contributed by atoms with E-state index in [2.05, 4.69) is 6.07 Å². The van der Waals surface area contributed by atoms with Gasteiger partial charge in [0.1, 0.15) is 0 Å². The predicted octanol–water partition coefficient (Wildman–Crippen LogP) is 2.94. The molecule has 0 aromatic carbocycles. The maximum absolute atomic E-state index is 13.9. The number of nitriles is 1. The maximum atomic E-state index is 13.9. The number of rotatable bonds is 1. The largest absolute Gasteiger partial charge is 0.425 e. The molecule has 0 aromatic heterocycles. The van der Waals surface area contributed by atoms with Crippen LogP contribution in [0.2, 0.25) is 0 Å². The Morgan fingerprint density at radius 2 is 2.08 bits per heavy atom. The summed E-state index contributed by atoms with van der Waals surface area (Å²) >= 11 is 0. The van der Waals surface area contributed by atoms with Crippen molar-refractivity contribution < 1.29 is 23.1 Å². The van der Waals surface area contributed by atoms with Gasteiger partial charge in [-0.25, -0.2) is 0 Å². The molecule has 0 aromatic rings. The Morgan fingerprint density at radius 1 is 1.35 bits per heavy atom. The molecular weight excluding hydrogens is 345 g/mol. The van der Waals surface area contributed by atoms with E-state index in [9.17, 15) is 28.3 Å². The van der Waals surface area contributed by atoms with Crippen LogP contribution in [0.5, 0.6) is 0 Å². The van der Waals surface area contributed by atoms with Gasteiger partial charge in [0, 0.05) is 29.8 Å². The summed E-state index contributed by atoms with van der Waals surface area (Å²) in [5.41, 5.74) is -2.88. The summed E-state index contributed by atoms with van der Waals surface area (Å²) in [6, 6.07) is 2.05. The summed E-state index contributed by atoms with van der Waals surface area (Å²) in [6.07, 6.45) is 1.01. The van der Waals surface area contributed by atoms with Gasteiger partial charge in [0.2, 0.25) is 11.5 Å². The average molecular weight is 362 g/mol. The molecule has 2 atom stereocenters. The molecule has 26 heavy (non-hydrogen) atoms. The topological polar surface area (TPSA) is 64.3 Å². The lowest BCUT2D eigenvalue weighted by Gasteiger charge is -2.35. The van der Waals surface area contributed by atoms with Gasteiger partial charge in [-0.05, 0) is 42.9 Å². The number of nitrogens with zero attached hydrogens (tertiary/aromatic N) is 2. The van der Waals surface area contributed by atoms with E-state index < -0.39 is 17.7 Å². The second-order valence-electron chi connectivity index (χ2n) is 7.07. The monoisotopic (exact) mass is 362 g/mol. The van der Waals surface area contributed by atoms with E-state index in [0.717, 1.165) is 6.42 Å². The van der Waals surface area contributed by atoms with Gasteiger partial charge >= 0.3 is 6.18 Å². The Kier molecular flexibility index (Phi) is 3.67. The second kappa shape index (κ2) is 5.58. The number of amides is 1. The number of hydrogen-bond donors (Lipinski definition) is 1. The van der Waals surface area contributed by atoms with Crippen LogP contribution in [-0.4, -0.2) is 40.8 Å². The SMILES string of the molecule is N#C[C@H]1CC(C(=O)N2CCC2)=CC2=C1C1=C(C=CCC1)C2(O)C(F)(F)F. The first kappa shape index (κ1) is 17.1. The molecule has 0 spiro atoms. The molecule has 136 valence electrons. The molecule has 0 radical (unpaired) electrons. The molecule has 1 fully saturated rings. The van der Waals surface area contributed by atoms with E-state index in [1.807, 2.05) is 0 Å². The summed E-state index contributed by atoms with van der Waals surface area (Å²) in [7, 11) is 0. The quantitative estimate of drug-likeness (QED) is 0.780. The molecule has 1 N–H and O–H groups in total. The van der Waals surface area contributed by atoms with Crippen LogP contribution in [-0.2, 0) is 4.79 Å². The number of allylic oxidation sites excluding steroid dienone is 3. The van der Waals surface area contributed by atoms with Crippen LogP contribution in [0.25, 0.3) is 0 Å². The van der Waals surface area contributed by atoms with Crippen LogP contribution in [0, 0.1) is 17.2 Å². The number of likely N-dealkylation sites (tertiary alicyclic amines) is 1. The van der Waals surface area contributed by atoms with Crippen LogP contribution in [0.1, 0.15) is 25.7 Å². The van der Waals surface area contributed by atoms with Crippen LogP contribution in [0.3, 0.4) is 0 Å². The molecule has 4 nitrogen and oxygen atoms in total. The number of carbonyl (C=O) groups excluding carboxylic acids is 1. The van der Waals surface area contributed by atoms with Crippen molar-refractivity contribution in [3.8, 4) is 6.07 Å².